The van der Waals surface area contributed by atoms with Crippen LogP contribution in [0.1, 0.15) is 6.42 Å². The first-order valence-corrected chi connectivity index (χ1v) is 4.66. The van der Waals surface area contributed by atoms with Gasteiger partial charge in [0.2, 0.25) is 0 Å². The fourth-order valence-electron chi connectivity index (χ4n) is 0.331. The Balaban J connectivity index is 3.38. The third kappa shape index (κ3) is 4.90. The van der Waals surface area contributed by atoms with Gasteiger partial charge in [-0.25, -0.2) is 0 Å². The van der Waals surface area contributed by atoms with E-state index in [9.17, 15) is 4.57 Å². The second-order valence-electron chi connectivity index (χ2n) is 1.75. The molecule has 1 unspecified atom stereocenters. The van der Waals surface area contributed by atoms with Crippen molar-refractivity contribution in [1.29, 1.82) is 0 Å². The van der Waals surface area contributed by atoms with Gasteiger partial charge in [-0.1, -0.05) is 0 Å². The van der Waals surface area contributed by atoms with Crippen LogP contribution < -0.4 is 5.73 Å². The molecule has 0 spiro atoms. The first-order valence-electron chi connectivity index (χ1n) is 2.89. The lowest BCUT2D eigenvalue weighted by Gasteiger charge is -2.07. The second kappa shape index (κ2) is 4.82. The summed E-state index contributed by atoms with van der Waals surface area (Å²) in [5.74, 6) is 0. The van der Waals surface area contributed by atoms with E-state index in [4.69, 9.17) is 15.7 Å². The summed E-state index contributed by atoms with van der Waals surface area (Å²) in [6.45, 7) is 0.524. The third-order valence-corrected chi connectivity index (χ3v) is 1.76. The van der Waals surface area contributed by atoms with Crippen molar-refractivity contribution in [3.8, 4) is 0 Å². The first-order chi connectivity index (χ1) is 4.62. The van der Waals surface area contributed by atoms with E-state index < -0.39 is 13.9 Å². The summed E-state index contributed by atoms with van der Waals surface area (Å²) in [5.41, 5.74) is 5.09. The Hall–Kier alpha value is 0.0700. The highest BCUT2D eigenvalue weighted by molar-refractivity contribution is 7.52. The van der Waals surface area contributed by atoms with E-state index >= 15 is 0 Å². The van der Waals surface area contributed by atoms with E-state index in [1.807, 2.05) is 0 Å². The van der Waals surface area contributed by atoms with Crippen molar-refractivity contribution >= 4 is 7.60 Å². The van der Waals surface area contributed by atoms with Gasteiger partial charge in [0.15, 0.2) is 0 Å². The molecule has 0 aliphatic heterocycles. The van der Waals surface area contributed by atoms with Crippen LogP contribution in [0, 0.1) is 0 Å². The number of hydrogen-bond donors (Lipinski definition) is 3. The summed E-state index contributed by atoms with van der Waals surface area (Å²) in [6, 6.07) is 0. The Morgan fingerprint density at radius 3 is 2.60 bits per heavy atom. The Bertz CT molecular complexity index is 128. The van der Waals surface area contributed by atoms with Gasteiger partial charge in [0, 0.05) is 0 Å². The van der Waals surface area contributed by atoms with Gasteiger partial charge in [0.05, 0.1) is 6.61 Å². The van der Waals surface area contributed by atoms with Crippen molar-refractivity contribution in [2.24, 2.45) is 5.73 Å². The van der Waals surface area contributed by atoms with Gasteiger partial charge in [-0.05, 0) is 13.0 Å². The molecule has 0 aliphatic rings. The topological polar surface area (TPSA) is 92.8 Å². The van der Waals surface area contributed by atoms with Gasteiger partial charge in [-0.3, -0.25) is 4.57 Å². The molecule has 0 saturated carbocycles. The molecule has 0 fully saturated rings. The maximum Gasteiger partial charge on any atom is 0.353 e. The average molecular weight is 169 g/mol. The molecule has 10 heavy (non-hydrogen) atoms. The Labute approximate surface area is 59.3 Å². The Kier molecular flexibility index (Phi) is 4.85. The highest BCUT2D eigenvalue weighted by Gasteiger charge is 2.15. The van der Waals surface area contributed by atoms with Crippen LogP contribution in [0.25, 0.3) is 0 Å². The molecule has 0 rings (SSSR count). The number of rotatable bonds is 5. The van der Waals surface area contributed by atoms with Crippen molar-refractivity contribution in [3.63, 3.8) is 0 Å². The maximum atomic E-state index is 10.5. The summed E-state index contributed by atoms with van der Waals surface area (Å²) >= 11 is 0. The van der Waals surface area contributed by atoms with E-state index in [2.05, 4.69) is 4.52 Å². The second-order valence-corrected chi connectivity index (χ2v) is 3.57. The molecule has 0 aromatic heterocycles. The van der Waals surface area contributed by atoms with Crippen LogP contribution in [0.2, 0.25) is 0 Å². The fraction of sp³-hybridized carbons (Fsp3) is 1.00. The average Bonchev–Trinajstić information content (AvgIpc) is 1.89. The molecule has 0 radical (unpaired) electrons. The number of nitrogens with two attached hydrogens (primary N) is 1. The van der Waals surface area contributed by atoms with Crippen molar-refractivity contribution in [1.82, 2.24) is 0 Å². The summed E-state index contributed by atoms with van der Waals surface area (Å²) in [7, 11) is -3.70. The maximum absolute atomic E-state index is 10.5. The largest absolute Gasteiger partial charge is 0.384 e. The molecule has 0 aliphatic carbocycles. The van der Waals surface area contributed by atoms with Crippen LogP contribution in [0.15, 0.2) is 0 Å². The SMILES string of the molecule is NCCCOP(=O)(O)CO. The molecule has 4 N–H and O–H groups in total. The third-order valence-electron chi connectivity index (χ3n) is 0.820. The Morgan fingerprint density at radius 2 is 2.20 bits per heavy atom. The normalized spacial score (nSPS) is 16.7. The van der Waals surface area contributed by atoms with Crippen molar-refractivity contribution < 1.29 is 19.1 Å². The minimum Gasteiger partial charge on any atom is -0.384 e. The Morgan fingerprint density at radius 1 is 1.60 bits per heavy atom. The van der Waals surface area contributed by atoms with Crippen molar-refractivity contribution in [2.75, 3.05) is 19.5 Å². The molecule has 0 bridgehead atoms. The highest BCUT2D eigenvalue weighted by atomic mass is 31.2. The van der Waals surface area contributed by atoms with E-state index in [0.717, 1.165) is 0 Å². The summed E-state index contributed by atoms with van der Waals surface area (Å²) in [5, 5.41) is 8.22. The van der Waals surface area contributed by atoms with Crippen LogP contribution >= 0.6 is 7.60 Å². The summed E-state index contributed by atoms with van der Waals surface area (Å²) < 4.78 is 14.9. The lowest BCUT2D eigenvalue weighted by atomic mass is 10.5. The standard InChI is InChI=1S/C4H12NO4P/c5-2-1-3-9-10(7,8)4-6/h6H,1-5H2,(H,7,8). The first kappa shape index (κ1) is 10.1. The molecule has 0 aromatic carbocycles. The van der Waals surface area contributed by atoms with Crippen LogP contribution in [0.3, 0.4) is 0 Å². The molecule has 5 nitrogen and oxygen atoms in total. The zero-order valence-corrected chi connectivity index (χ0v) is 6.46. The van der Waals surface area contributed by atoms with E-state index in [-0.39, 0.29) is 6.61 Å². The van der Waals surface area contributed by atoms with Gasteiger partial charge >= 0.3 is 7.60 Å². The molecular weight excluding hydrogens is 157 g/mol. The van der Waals surface area contributed by atoms with Crippen LogP contribution in [-0.2, 0) is 9.09 Å². The fourth-order valence-corrected chi connectivity index (χ4v) is 0.827. The van der Waals surface area contributed by atoms with Gasteiger partial charge in [-0.2, -0.15) is 0 Å². The van der Waals surface area contributed by atoms with Crippen LogP contribution in [-0.4, -0.2) is 29.5 Å². The smallest absolute Gasteiger partial charge is 0.353 e. The molecular formula is C4H12NO4P. The zero-order valence-electron chi connectivity index (χ0n) is 5.56. The van der Waals surface area contributed by atoms with E-state index in [0.29, 0.717) is 13.0 Å². The molecule has 6 heteroatoms. The van der Waals surface area contributed by atoms with Gasteiger partial charge in [0.1, 0.15) is 6.35 Å². The summed E-state index contributed by atoms with van der Waals surface area (Å²) in [6.07, 6.45) is -0.317. The number of hydrogen-bond acceptors (Lipinski definition) is 4. The number of aliphatic hydroxyl groups is 1. The van der Waals surface area contributed by atoms with Crippen molar-refractivity contribution in [2.45, 2.75) is 6.42 Å². The van der Waals surface area contributed by atoms with Crippen LogP contribution in [0.5, 0.6) is 0 Å². The number of aliphatic hydroxyl groups excluding tert-OH is 1. The lowest BCUT2D eigenvalue weighted by molar-refractivity contribution is 0.223. The molecule has 0 heterocycles. The minimum absolute atomic E-state index is 0.116. The molecule has 0 saturated heterocycles. The van der Waals surface area contributed by atoms with E-state index in [1.54, 1.807) is 0 Å². The van der Waals surface area contributed by atoms with Crippen LogP contribution in [0.4, 0.5) is 0 Å². The minimum atomic E-state index is -3.70. The highest BCUT2D eigenvalue weighted by Crippen LogP contribution is 2.39. The molecule has 1 atom stereocenters. The zero-order chi connectivity index (χ0) is 8.04. The molecule has 0 amide bonds. The monoisotopic (exact) mass is 169 g/mol. The molecule has 0 aromatic rings. The van der Waals surface area contributed by atoms with Crippen molar-refractivity contribution in [3.05, 3.63) is 0 Å². The quantitative estimate of drug-likeness (QED) is 0.380. The van der Waals surface area contributed by atoms with E-state index in [1.165, 1.54) is 0 Å². The predicted octanol–water partition coefficient (Wildman–Crippen LogP) is -0.513. The molecule has 62 valence electrons. The van der Waals surface area contributed by atoms with Gasteiger partial charge in [0.25, 0.3) is 0 Å². The predicted molar refractivity (Wildman–Crippen MR) is 36.5 cm³/mol. The van der Waals surface area contributed by atoms with Gasteiger partial charge < -0.3 is 20.3 Å². The lowest BCUT2D eigenvalue weighted by Crippen LogP contribution is -2.04. The summed E-state index contributed by atoms with van der Waals surface area (Å²) in [4.78, 5) is 8.59. The van der Waals surface area contributed by atoms with Gasteiger partial charge in [-0.15, -0.1) is 0 Å².